The number of halogens is 1. The summed E-state index contributed by atoms with van der Waals surface area (Å²) in [5, 5.41) is 13.4. The highest BCUT2D eigenvalue weighted by Crippen LogP contribution is 2.32. The van der Waals surface area contributed by atoms with Gasteiger partial charge < -0.3 is 5.11 Å². The van der Waals surface area contributed by atoms with Crippen molar-refractivity contribution in [3.63, 3.8) is 0 Å². The number of thiophene rings is 1. The number of para-hydroxylation sites is 1. The molecule has 4 nitrogen and oxygen atoms in total. The second-order valence-electron chi connectivity index (χ2n) is 4.44. The first-order chi connectivity index (χ1) is 10.1. The first kappa shape index (κ1) is 13.9. The molecule has 0 saturated heterocycles. The van der Waals surface area contributed by atoms with Crippen LogP contribution in [0.3, 0.4) is 0 Å². The van der Waals surface area contributed by atoms with E-state index in [0.29, 0.717) is 10.0 Å². The molecule has 2 heterocycles. The highest BCUT2D eigenvalue weighted by molar-refractivity contribution is 7.19. The molecule has 0 unspecified atom stereocenters. The third kappa shape index (κ3) is 2.99. The molecule has 21 heavy (non-hydrogen) atoms. The maximum Gasteiger partial charge on any atom is 0.309 e. The minimum Gasteiger partial charge on any atom is -0.481 e. The average molecular weight is 319 g/mol. The average Bonchev–Trinajstić information content (AvgIpc) is 3.05. The maximum atomic E-state index is 10.9. The van der Waals surface area contributed by atoms with Crippen LogP contribution in [0.25, 0.3) is 16.3 Å². The molecule has 106 valence electrons. The summed E-state index contributed by atoms with van der Waals surface area (Å²) in [7, 11) is 0. The SMILES string of the molecule is O=C(O)Cc1cc(-c2ccc(Cl)s2)n(-c2ccccc2)n1. The third-order valence-electron chi connectivity index (χ3n) is 2.92. The summed E-state index contributed by atoms with van der Waals surface area (Å²) in [6.07, 6.45) is -0.105. The lowest BCUT2D eigenvalue weighted by Gasteiger charge is -2.05. The molecule has 0 aliphatic heterocycles. The van der Waals surface area contributed by atoms with Crippen LogP contribution in [0.4, 0.5) is 0 Å². The number of rotatable bonds is 4. The number of carbonyl (C=O) groups is 1. The van der Waals surface area contributed by atoms with Crippen LogP contribution in [0, 0.1) is 0 Å². The van der Waals surface area contributed by atoms with Gasteiger partial charge in [-0.1, -0.05) is 29.8 Å². The van der Waals surface area contributed by atoms with Gasteiger partial charge in [-0.15, -0.1) is 11.3 Å². The molecule has 0 atom stereocenters. The number of hydrogen-bond donors (Lipinski definition) is 1. The summed E-state index contributed by atoms with van der Waals surface area (Å²) in [5.41, 5.74) is 2.24. The third-order valence-corrected chi connectivity index (χ3v) is 4.17. The fraction of sp³-hybridized carbons (Fsp3) is 0.0667. The number of nitrogens with zero attached hydrogens (tertiary/aromatic N) is 2. The van der Waals surface area contributed by atoms with E-state index in [1.54, 1.807) is 10.7 Å². The zero-order valence-corrected chi connectivity index (χ0v) is 12.4. The van der Waals surface area contributed by atoms with Crippen LogP contribution in [0.1, 0.15) is 5.69 Å². The lowest BCUT2D eigenvalue weighted by molar-refractivity contribution is -0.136. The van der Waals surface area contributed by atoms with Crippen LogP contribution in [0.15, 0.2) is 48.5 Å². The quantitative estimate of drug-likeness (QED) is 0.794. The highest BCUT2D eigenvalue weighted by atomic mass is 35.5. The molecule has 0 aliphatic rings. The molecule has 2 aromatic heterocycles. The fourth-order valence-corrected chi connectivity index (χ4v) is 3.11. The van der Waals surface area contributed by atoms with Crippen molar-refractivity contribution in [2.24, 2.45) is 0 Å². The van der Waals surface area contributed by atoms with Gasteiger partial charge >= 0.3 is 5.97 Å². The van der Waals surface area contributed by atoms with Crippen molar-refractivity contribution in [2.45, 2.75) is 6.42 Å². The number of carboxylic acids is 1. The predicted octanol–water partition coefficient (Wildman–Crippen LogP) is 3.88. The Balaban J connectivity index is 2.12. The van der Waals surface area contributed by atoms with Crippen LogP contribution in [0.5, 0.6) is 0 Å². The van der Waals surface area contributed by atoms with Crippen LogP contribution < -0.4 is 0 Å². The second-order valence-corrected chi connectivity index (χ2v) is 6.16. The van der Waals surface area contributed by atoms with Gasteiger partial charge in [0.2, 0.25) is 0 Å². The van der Waals surface area contributed by atoms with Crippen molar-refractivity contribution in [3.05, 3.63) is 58.6 Å². The Morgan fingerprint density at radius 1 is 1.24 bits per heavy atom. The van der Waals surface area contributed by atoms with E-state index < -0.39 is 5.97 Å². The van der Waals surface area contributed by atoms with E-state index in [9.17, 15) is 4.79 Å². The summed E-state index contributed by atoms with van der Waals surface area (Å²) in [5.74, 6) is -0.900. The van der Waals surface area contributed by atoms with Gasteiger partial charge in [-0.3, -0.25) is 4.79 Å². The van der Waals surface area contributed by atoms with Crippen molar-refractivity contribution < 1.29 is 9.90 Å². The number of carboxylic acid groups (broad SMARTS) is 1. The molecule has 0 saturated carbocycles. The van der Waals surface area contributed by atoms with Crippen LogP contribution >= 0.6 is 22.9 Å². The summed E-state index contributed by atoms with van der Waals surface area (Å²) in [4.78, 5) is 11.9. The van der Waals surface area contributed by atoms with E-state index in [-0.39, 0.29) is 6.42 Å². The van der Waals surface area contributed by atoms with E-state index in [4.69, 9.17) is 16.7 Å². The molecule has 0 radical (unpaired) electrons. The summed E-state index contributed by atoms with van der Waals surface area (Å²) >= 11 is 7.43. The van der Waals surface area contributed by atoms with Crippen molar-refractivity contribution >= 4 is 28.9 Å². The summed E-state index contributed by atoms with van der Waals surface area (Å²) < 4.78 is 2.44. The highest BCUT2D eigenvalue weighted by Gasteiger charge is 2.15. The Labute approximate surface area is 130 Å². The molecule has 3 aromatic rings. The van der Waals surface area contributed by atoms with E-state index in [1.807, 2.05) is 42.5 Å². The molecule has 0 bridgehead atoms. The van der Waals surface area contributed by atoms with Gasteiger partial charge in [0.1, 0.15) is 0 Å². The molecule has 0 spiro atoms. The molecule has 0 aliphatic carbocycles. The largest absolute Gasteiger partial charge is 0.481 e. The minimum absolute atomic E-state index is 0.105. The Hall–Kier alpha value is -2.11. The van der Waals surface area contributed by atoms with Crippen molar-refractivity contribution in [3.8, 4) is 16.3 Å². The molecule has 0 fully saturated rings. The molecule has 3 rings (SSSR count). The van der Waals surface area contributed by atoms with Gasteiger partial charge in [-0.2, -0.15) is 5.10 Å². The zero-order chi connectivity index (χ0) is 14.8. The first-order valence-electron chi connectivity index (χ1n) is 6.25. The van der Waals surface area contributed by atoms with Gasteiger partial charge in [0.15, 0.2) is 0 Å². The van der Waals surface area contributed by atoms with E-state index in [1.165, 1.54) is 11.3 Å². The molecular weight excluding hydrogens is 308 g/mol. The van der Waals surface area contributed by atoms with E-state index in [2.05, 4.69) is 5.10 Å². The Morgan fingerprint density at radius 3 is 2.62 bits per heavy atom. The van der Waals surface area contributed by atoms with Crippen molar-refractivity contribution in [1.29, 1.82) is 0 Å². The van der Waals surface area contributed by atoms with E-state index in [0.717, 1.165) is 16.3 Å². The Morgan fingerprint density at radius 2 is 2.00 bits per heavy atom. The zero-order valence-electron chi connectivity index (χ0n) is 10.9. The molecule has 1 N–H and O–H groups in total. The number of aliphatic carboxylic acids is 1. The molecule has 1 aromatic carbocycles. The van der Waals surface area contributed by atoms with Gasteiger partial charge in [0.05, 0.1) is 32.7 Å². The van der Waals surface area contributed by atoms with Gasteiger partial charge in [-0.05, 0) is 30.3 Å². The van der Waals surface area contributed by atoms with Crippen molar-refractivity contribution in [2.75, 3.05) is 0 Å². The Kier molecular flexibility index (Phi) is 3.77. The summed E-state index contributed by atoms with van der Waals surface area (Å²) in [6, 6.07) is 15.1. The monoisotopic (exact) mass is 318 g/mol. The molecular formula is C15H11ClN2O2S. The predicted molar refractivity (Wildman–Crippen MR) is 83.2 cm³/mol. The lowest BCUT2D eigenvalue weighted by atomic mass is 10.2. The van der Waals surface area contributed by atoms with Gasteiger partial charge in [0.25, 0.3) is 0 Å². The topological polar surface area (TPSA) is 55.1 Å². The smallest absolute Gasteiger partial charge is 0.309 e. The normalized spacial score (nSPS) is 10.7. The van der Waals surface area contributed by atoms with Gasteiger partial charge in [-0.25, -0.2) is 4.68 Å². The summed E-state index contributed by atoms with van der Waals surface area (Å²) in [6.45, 7) is 0. The van der Waals surface area contributed by atoms with E-state index >= 15 is 0 Å². The minimum atomic E-state index is -0.900. The number of hydrogen-bond acceptors (Lipinski definition) is 3. The molecule has 0 amide bonds. The fourth-order valence-electron chi connectivity index (χ4n) is 2.06. The number of aromatic nitrogens is 2. The Bertz CT molecular complexity index is 780. The van der Waals surface area contributed by atoms with Crippen molar-refractivity contribution in [1.82, 2.24) is 9.78 Å². The first-order valence-corrected chi connectivity index (χ1v) is 7.45. The maximum absolute atomic E-state index is 10.9. The molecule has 6 heteroatoms. The van der Waals surface area contributed by atoms with Crippen LogP contribution in [-0.2, 0) is 11.2 Å². The number of benzene rings is 1. The van der Waals surface area contributed by atoms with Gasteiger partial charge in [0, 0.05) is 0 Å². The standard InChI is InChI=1S/C15H11ClN2O2S/c16-14-7-6-13(21-14)12-8-10(9-15(19)20)17-18(12)11-4-2-1-3-5-11/h1-8H,9H2,(H,19,20). The lowest BCUT2D eigenvalue weighted by Crippen LogP contribution is -2.02. The van der Waals surface area contributed by atoms with Crippen LogP contribution in [-0.4, -0.2) is 20.9 Å². The van der Waals surface area contributed by atoms with Crippen LogP contribution in [0.2, 0.25) is 4.34 Å². The second kappa shape index (κ2) is 5.71.